The molecule has 0 radical (unpaired) electrons. The number of hydrogen-bond donors (Lipinski definition) is 1. The summed E-state index contributed by atoms with van der Waals surface area (Å²) in [5.74, 6) is 0.721. The standard InChI is InChI=1S/C16H24O4/c1-11(2)13-3-5-16(19-7-8-20-16)9-14(13)15(17)12-4-6-18-10-12/h4,6,10-11,13-15,17H,3,5,7-9H2,1-2H3/t13-,14+,15?/m0/s1. The Morgan fingerprint density at radius 1 is 1.25 bits per heavy atom. The lowest BCUT2D eigenvalue weighted by molar-refractivity contribution is -0.207. The molecule has 2 aliphatic rings. The highest BCUT2D eigenvalue weighted by Crippen LogP contribution is 2.48. The highest BCUT2D eigenvalue weighted by atomic mass is 16.7. The first kappa shape index (κ1) is 14.1. The van der Waals surface area contributed by atoms with E-state index in [1.807, 2.05) is 6.07 Å². The average Bonchev–Trinajstić information content (AvgIpc) is 3.09. The Balaban J connectivity index is 1.82. The Labute approximate surface area is 120 Å². The van der Waals surface area contributed by atoms with Crippen LogP contribution in [-0.4, -0.2) is 24.1 Å². The second-order valence-electron chi connectivity index (χ2n) is 6.42. The van der Waals surface area contributed by atoms with Crippen LogP contribution in [0.3, 0.4) is 0 Å². The van der Waals surface area contributed by atoms with Crippen molar-refractivity contribution >= 4 is 0 Å². The second-order valence-corrected chi connectivity index (χ2v) is 6.42. The van der Waals surface area contributed by atoms with Gasteiger partial charge in [0, 0.05) is 18.4 Å². The highest BCUT2D eigenvalue weighted by molar-refractivity contribution is 5.12. The SMILES string of the molecule is CC(C)[C@@H]1CCC2(C[C@H]1C(O)c1ccoc1)OCCO2. The summed E-state index contributed by atoms with van der Waals surface area (Å²) in [7, 11) is 0. The Morgan fingerprint density at radius 2 is 2.00 bits per heavy atom. The number of rotatable bonds is 3. The largest absolute Gasteiger partial charge is 0.472 e. The Kier molecular flexibility index (Phi) is 3.89. The Bertz CT molecular complexity index is 420. The third-order valence-corrected chi connectivity index (χ3v) is 4.92. The van der Waals surface area contributed by atoms with Crippen LogP contribution in [0.1, 0.15) is 44.8 Å². The van der Waals surface area contributed by atoms with Crippen molar-refractivity contribution in [3.63, 3.8) is 0 Å². The zero-order valence-electron chi connectivity index (χ0n) is 12.2. The van der Waals surface area contributed by atoms with Gasteiger partial charge >= 0.3 is 0 Å². The number of aliphatic hydroxyl groups is 1. The molecule has 1 aromatic rings. The van der Waals surface area contributed by atoms with E-state index in [4.69, 9.17) is 13.9 Å². The first-order valence-corrected chi connectivity index (χ1v) is 7.59. The van der Waals surface area contributed by atoms with E-state index in [9.17, 15) is 5.11 Å². The van der Waals surface area contributed by atoms with Gasteiger partial charge in [-0.25, -0.2) is 0 Å². The molecule has 3 atom stereocenters. The van der Waals surface area contributed by atoms with Gasteiger partial charge in [-0.15, -0.1) is 0 Å². The molecule has 1 saturated carbocycles. The number of aliphatic hydroxyl groups excluding tert-OH is 1. The molecule has 1 aliphatic heterocycles. The van der Waals surface area contributed by atoms with Crippen LogP contribution in [0.2, 0.25) is 0 Å². The van der Waals surface area contributed by atoms with Crippen LogP contribution in [-0.2, 0) is 9.47 Å². The molecule has 0 amide bonds. The molecule has 1 unspecified atom stereocenters. The van der Waals surface area contributed by atoms with Gasteiger partial charge in [0.1, 0.15) is 0 Å². The van der Waals surface area contributed by atoms with E-state index >= 15 is 0 Å². The summed E-state index contributed by atoms with van der Waals surface area (Å²) in [6.07, 6.45) is 5.49. The number of ether oxygens (including phenoxy) is 2. The topological polar surface area (TPSA) is 51.8 Å². The quantitative estimate of drug-likeness (QED) is 0.924. The van der Waals surface area contributed by atoms with Gasteiger partial charge in [-0.05, 0) is 30.2 Å². The number of furan rings is 1. The van der Waals surface area contributed by atoms with Crippen molar-refractivity contribution in [3.05, 3.63) is 24.2 Å². The van der Waals surface area contributed by atoms with Crippen LogP contribution in [0.4, 0.5) is 0 Å². The van der Waals surface area contributed by atoms with Gasteiger partial charge < -0.3 is 19.0 Å². The molecule has 1 N–H and O–H groups in total. The molecule has 1 spiro atoms. The van der Waals surface area contributed by atoms with Gasteiger partial charge in [0.2, 0.25) is 0 Å². The van der Waals surface area contributed by atoms with Crippen LogP contribution >= 0.6 is 0 Å². The van der Waals surface area contributed by atoms with E-state index < -0.39 is 11.9 Å². The van der Waals surface area contributed by atoms with E-state index in [2.05, 4.69) is 13.8 Å². The minimum Gasteiger partial charge on any atom is -0.472 e. The van der Waals surface area contributed by atoms with Gasteiger partial charge in [-0.1, -0.05) is 13.8 Å². The van der Waals surface area contributed by atoms with Crippen molar-refractivity contribution in [1.82, 2.24) is 0 Å². The van der Waals surface area contributed by atoms with Gasteiger partial charge in [0.25, 0.3) is 0 Å². The Morgan fingerprint density at radius 3 is 2.60 bits per heavy atom. The van der Waals surface area contributed by atoms with Crippen LogP contribution in [0, 0.1) is 17.8 Å². The van der Waals surface area contributed by atoms with E-state index in [1.54, 1.807) is 12.5 Å². The van der Waals surface area contributed by atoms with E-state index in [-0.39, 0.29) is 5.92 Å². The van der Waals surface area contributed by atoms with E-state index in [0.717, 1.165) is 24.8 Å². The molecular weight excluding hydrogens is 256 g/mol. The smallest absolute Gasteiger partial charge is 0.168 e. The van der Waals surface area contributed by atoms with Gasteiger partial charge in [-0.2, -0.15) is 0 Å². The van der Waals surface area contributed by atoms with Crippen LogP contribution in [0.15, 0.2) is 23.0 Å². The zero-order chi connectivity index (χ0) is 14.2. The number of hydrogen-bond acceptors (Lipinski definition) is 4. The summed E-state index contributed by atoms with van der Waals surface area (Å²) >= 11 is 0. The maximum atomic E-state index is 10.7. The molecule has 20 heavy (non-hydrogen) atoms. The van der Waals surface area contributed by atoms with Crippen LogP contribution in [0.5, 0.6) is 0 Å². The molecule has 1 aromatic heterocycles. The van der Waals surface area contributed by atoms with Crippen molar-refractivity contribution < 1.29 is 19.0 Å². The first-order valence-electron chi connectivity index (χ1n) is 7.59. The molecule has 0 aromatic carbocycles. The average molecular weight is 280 g/mol. The van der Waals surface area contributed by atoms with Gasteiger partial charge in [-0.3, -0.25) is 0 Å². The van der Waals surface area contributed by atoms with E-state index in [0.29, 0.717) is 25.0 Å². The third-order valence-electron chi connectivity index (χ3n) is 4.92. The summed E-state index contributed by atoms with van der Waals surface area (Å²) in [6.45, 7) is 5.80. The predicted molar refractivity (Wildman–Crippen MR) is 74.0 cm³/mol. The Hall–Kier alpha value is -0.840. The molecule has 1 saturated heterocycles. The fraction of sp³-hybridized carbons (Fsp3) is 0.750. The molecule has 4 heteroatoms. The lowest BCUT2D eigenvalue weighted by Gasteiger charge is -2.44. The summed E-state index contributed by atoms with van der Waals surface area (Å²) in [5.41, 5.74) is 0.857. The normalized spacial score (nSPS) is 31.0. The predicted octanol–water partition coefficient (Wildman–Crippen LogP) is 3.13. The molecule has 3 rings (SSSR count). The molecule has 2 fully saturated rings. The van der Waals surface area contributed by atoms with Crippen LogP contribution < -0.4 is 0 Å². The summed E-state index contributed by atoms with van der Waals surface area (Å²) < 4.78 is 16.8. The molecular formula is C16H24O4. The zero-order valence-corrected chi connectivity index (χ0v) is 12.2. The van der Waals surface area contributed by atoms with Gasteiger partial charge in [0.15, 0.2) is 5.79 Å². The van der Waals surface area contributed by atoms with Crippen molar-refractivity contribution in [1.29, 1.82) is 0 Å². The summed E-state index contributed by atoms with van der Waals surface area (Å²) in [5, 5.41) is 10.7. The van der Waals surface area contributed by atoms with Crippen molar-refractivity contribution in [2.75, 3.05) is 13.2 Å². The monoisotopic (exact) mass is 280 g/mol. The lowest BCUT2D eigenvalue weighted by Crippen LogP contribution is -2.43. The van der Waals surface area contributed by atoms with Crippen LogP contribution in [0.25, 0.3) is 0 Å². The first-order chi connectivity index (χ1) is 9.61. The fourth-order valence-electron chi connectivity index (χ4n) is 3.84. The molecule has 0 bridgehead atoms. The van der Waals surface area contributed by atoms with Crippen molar-refractivity contribution in [2.24, 2.45) is 17.8 Å². The molecule has 4 nitrogen and oxygen atoms in total. The van der Waals surface area contributed by atoms with Crippen molar-refractivity contribution in [2.45, 2.75) is 45.0 Å². The maximum absolute atomic E-state index is 10.7. The minimum atomic E-state index is -0.508. The van der Waals surface area contributed by atoms with Crippen molar-refractivity contribution in [3.8, 4) is 0 Å². The maximum Gasteiger partial charge on any atom is 0.168 e. The summed E-state index contributed by atoms with van der Waals surface area (Å²) in [4.78, 5) is 0. The minimum absolute atomic E-state index is 0.152. The highest BCUT2D eigenvalue weighted by Gasteiger charge is 2.48. The van der Waals surface area contributed by atoms with E-state index in [1.165, 1.54) is 0 Å². The lowest BCUT2D eigenvalue weighted by atomic mass is 9.68. The molecule has 2 heterocycles. The molecule has 1 aliphatic carbocycles. The second kappa shape index (κ2) is 5.51. The third kappa shape index (κ3) is 2.52. The fourth-order valence-corrected chi connectivity index (χ4v) is 3.84. The molecule has 112 valence electrons. The van der Waals surface area contributed by atoms with Gasteiger partial charge in [0.05, 0.1) is 31.8 Å². The summed E-state index contributed by atoms with van der Waals surface area (Å²) in [6, 6.07) is 1.85.